The number of ether oxygens (including phenoxy) is 1. The number of benzene rings is 1. The van der Waals surface area contributed by atoms with E-state index in [0.717, 1.165) is 0 Å². The molecule has 0 amide bonds. The Balaban J connectivity index is 2.72. The Kier molecular flexibility index (Phi) is 2.84. The van der Waals surface area contributed by atoms with Crippen LogP contribution >= 0.6 is 0 Å². The van der Waals surface area contributed by atoms with Gasteiger partial charge in [0, 0.05) is 0 Å². The van der Waals surface area contributed by atoms with Gasteiger partial charge in [0.05, 0.1) is 0 Å². The average molecular weight is 182 g/mol. The zero-order chi connectivity index (χ0) is 9.84. The third-order valence-corrected chi connectivity index (χ3v) is 1.52. The van der Waals surface area contributed by atoms with E-state index in [0.29, 0.717) is 11.3 Å². The van der Waals surface area contributed by atoms with Crippen molar-refractivity contribution in [2.75, 3.05) is 6.61 Å². The molecule has 0 fully saturated rings. The Labute approximate surface area is 75.8 Å². The summed E-state index contributed by atoms with van der Waals surface area (Å²) < 4.78 is 17.8. The second-order valence-electron chi connectivity index (χ2n) is 2.72. The zero-order valence-corrected chi connectivity index (χ0v) is 7.30. The molecule has 3 nitrogen and oxygen atoms in total. The molecular weight excluding hydrogens is 171 g/mol. The number of aryl methyl sites for hydroxylation is 1. The molecule has 0 aliphatic heterocycles. The van der Waals surface area contributed by atoms with Crippen molar-refractivity contribution in [3.63, 3.8) is 0 Å². The first kappa shape index (κ1) is 9.51. The van der Waals surface area contributed by atoms with Crippen molar-refractivity contribution in [2.24, 2.45) is 5.73 Å². The molecule has 0 saturated carbocycles. The maximum absolute atomic E-state index is 12.6. The minimum atomic E-state index is -0.298. The molecule has 0 spiro atoms. The summed E-state index contributed by atoms with van der Waals surface area (Å²) >= 11 is 0. The standard InChI is InChI=1S/C9H11FN2O/c1-6-4-7(10)2-3-8(6)13-5-9(11)12/h2-4H,5H2,1H3,(H3,11,12). The average Bonchev–Trinajstić information content (AvgIpc) is 2.02. The Morgan fingerprint density at radius 1 is 1.62 bits per heavy atom. The van der Waals surface area contributed by atoms with Gasteiger partial charge in [-0.3, -0.25) is 5.41 Å². The van der Waals surface area contributed by atoms with Crippen molar-refractivity contribution in [2.45, 2.75) is 6.92 Å². The normalized spacial score (nSPS) is 9.69. The zero-order valence-electron chi connectivity index (χ0n) is 7.30. The van der Waals surface area contributed by atoms with E-state index in [9.17, 15) is 4.39 Å². The van der Waals surface area contributed by atoms with Gasteiger partial charge in [-0.15, -0.1) is 0 Å². The fourth-order valence-electron chi connectivity index (χ4n) is 0.930. The number of nitrogens with two attached hydrogens (primary N) is 1. The highest BCUT2D eigenvalue weighted by Gasteiger charge is 2.00. The molecule has 0 saturated heterocycles. The molecule has 1 aromatic carbocycles. The lowest BCUT2D eigenvalue weighted by molar-refractivity contribution is 0.371. The van der Waals surface area contributed by atoms with Gasteiger partial charge in [0.25, 0.3) is 0 Å². The van der Waals surface area contributed by atoms with Gasteiger partial charge < -0.3 is 10.5 Å². The Morgan fingerprint density at radius 2 is 2.31 bits per heavy atom. The van der Waals surface area contributed by atoms with Crippen LogP contribution in [0.4, 0.5) is 4.39 Å². The summed E-state index contributed by atoms with van der Waals surface area (Å²) in [7, 11) is 0. The van der Waals surface area contributed by atoms with Gasteiger partial charge in [-0.1, -0.05) is 0 Å². The summed E-state index contributed by atoms with van der Waals surface area (Å²) in [5.74, 6) is 0.202. The lowest BCUT2D eigenvalue weighted by Gasteiger charge is -2.07. The molecule has 1 rings (SSSR count). The monoisotopic (exact) mass is 182 g/mol. The fourth-order valence-corrected chi connectivity index (χ4v) is 0.930. The van der Waals surface area contributed by atoms with Gasteiger partial charge >= 0.3 is 0 Å². The van der Waals surface area contributed by atoms with E-state index in [-0.39, 0.29) is 18.3 Å². The van der Waals surface area contributed by atoms with Gasteiger partial charge in [0.15, 0.2) is 0 Å². The fraction of sp³-hybridized carbons (Fsp3) is 0.222. The maximum atomic E-state index is 12.6. The van der Waals surface area contributed by atoms with Gasteiger partial charge in [0.2, 0.25) is 0 Å². The van der Waals surface area contributed by atoms with Crippen molar-refractivity contribution in [3.05, 3.63) is 29.6 Å². The third-order valence-electron chi connectivity index (χ3n) is 1.52. The Bertz CT molecular complexity index is 325. The summed E-state index contributed by atoms with van der Waals surface area (Å²) in [4.78, 5) is 0. The maximum Gasteiger partial charge on any atom is 0.145 e. The van der Waals surface area contributed by atoms with Crippen LogP contribution in [0.15, 0.2) is 18.2 Å². The second kappa shape index (κ2) is 3.89. The Morgan fingerprint density at radius 3 is 2.85 bits per heavy atom. The molecule has 0 aliphatic rings. The van der Waals surface area contributed by atoms with Crippen molar-refractivity contribution in [1.82, 2.24) is 0 Å². The van der Waals surface area contributed by atoms with Crippen LogP contribution in [0.2, 0.25) is 0 Å². The quantitative estimate of drug-likeness (QED) is 0.549. The highest BCUT2D eigenvalue weighted by Crippen LogP contribution is 2.17. The molecule has 70 valence electrons. The van der Waals surface area contributed by atoms with Gasteiger partial charge in [0.1, 0.15) is 24.0 Å². The number of hydrogen-bond donors (Lipinski definition) is 2. The van der Waals surface area contributed by atoms with Crippen molar-refractivity contribution < 1.29 is 9.13 Å². The number of nitrogens with one attached hydrogen (secondary N) is 1. The molecule has 0 unspecified atom stereocenters. The lowest BCUT2D eigenvalue weighted by atomic mass is 10.2. The molecule has 13 heavy (non-hydrogen) atoms. The van der Waals surface area contributed by atoms with Gasteiger partial charge in [-0.2, -0.15) is 0 Å². The van der Waals surface area contributed by atoms with E-state index in [2.05, 4.69) is 0 Å². The molecule has 4 heteroatoms. The summed E-state index contributed by atoms with van der Waals surface area (Å²) in [6.45, 7) is 1.77. The molecule has 0 atom stereocenters. The molecular formula is C9H11FN2O. The summed E-state index contributed by atoms with van der Waals surface area (Å²) in [6.07, 6.45) is 0. The summed E-state index contributed by atoms with van der Waals surface area (Å²) in [5, 5.41) is 6.94. The van der Waals surface area contributed by atoms with Crippen LogP contribution in [0.1, 0.15) is 5.56 Å². The minimum absolute atomic E-state index is 0.0342. The van der Waals surface area contributed by atoms with Crippen LogP contribution in [-0.2, 0) is 0 Å². The van der Waals surface area contributed by atoms with Crippen LogP contribution in [0.5, 0.6) is 5.75 Å². The SMILES string of the molecule is Cc1cc(F)ccc1OCC(=N)N. The molecule has 3 N–H and O–H groups in total. The molecule has 1 aromatic rings. The van der Waals surface area contributed by atoms with Gasteiger partial charge in [-0.05, 0) is 30.7 Å². The van der Waals surface area contributed by atoms with Crippen LogP contribution < -0.4 is 10.5 Å². The number of amidine groups is 1. The third kappa shape index (κ3) is 2.74. The number of rotatable bonds is 3. The largest absolute Gasteiger partial charge is 0.485 e. The smallest absolute Gasteiger partial charge is 0.145 e. The molecule has 0 bridgehead atoms. The topological polar surface area (TPSA) is 59.1 Å². The summed E-state index contributed by atoms with van der Waals surface area (Å²) in [5.41, 5.74) is 5.80. The first-order valence-electron chi connectivity index (χ1n) is 3.81. The molecule has 0 heterocycles. The molecule has 0 aromatic heterocycles. The Hall–Kier alpha value is -1.58. The van der Waals surface area contributed by atoms with Crippen LogP contribution in [0.3, 0.4) is 0 Å². The molecule has 0 radical (unpaired) electrons. The molecule has 0 aliphatic carbocycles. The van der Waals surface area contributed by atoms with Crippen molar-refractivity contribution >= 4 is 5.84 Å². The van der Waals surface area contributed by atoms with Crippen LogP contribution in [-0.4, -0.2) is 12.4 Å². The van der Waals surface area contributed by atoms with Crippen LogP contribution in [0.25, 0.3) is 0 Å². The number of hydrogen-bond acceptors (Lipinski definition) is 2. The minimum Gasteiger partial charge on any atom is -0.485 e. The van der Waals surface area contributed by atoms with E-state index >= 15 is 0 Å². The van der Waals surface area contributed by atoms with Crippen molar-refractivity contribution in [3.8, 4) is 5.75 Å². The predicted molar refractivity (Wildman–Crippen MR) is 48.5 cm³/mol. The van der Waals surface area contributed by atoms with E-state index in [1.54, 1.807) is 6.92 Å². The van der Waals surface area contributed by atoms with E-state index < -0.39 is 0 Å². The first-order valence-corrected chi connectivity index (χ1v) is 3.81. The van der Waals surface area contributed by atoms with E-state index in [1.165, 1.54) is 18.2 Å². The first-order chi connectivity index (χ1) is 6.09. The van der Waals surface area contributed by atoms with E-state index in [1.807, 2.05) is 0 Å². The predicted octanol–water partition coefficient (Wildman–Crippen LogP) is 1.45. The van der Waals surface area contributed by atoms with E-state index in [4.69, 9.17) is 15.9 Å². The summed E-state index contributed by atoms with van der Waals surface area (Å²) in [6, 6.07) is 4.20. The van der Waals surface area contributed by atoms with Crippen LogP contribution in [0, 0.1) is 18.2 Å². The van der Waals surface area contributed by atoms with Gasteiger partial charge in [-0.25, -0.2) is 4.39 Å². The lowest BCUT2D eigenvalue weighted by Crippen LogP contribution is -2.19. The van der Waals surface area contributed by atoms with Crippen molar-refractivity contribution in [1.29, 1.82) is 5.41 Å². The second-order valence-corrected chi connectivity index (χ2v) is 2.72. The highest BCUT2D eigenvalue weighted by molar-refractivity contribution is 5.78. The number of halogens is 1. The highest BCUT2D eigenvalue weighted by atomic mass is 19.1.